The first-order valence-corrected chi connectivity index (χ1v) is 9.88. The van der Waals surface area contributed by atoms with Gasteiger partial charge in [0.2, 0.25) is 24.1 Å². The monoisotopic (exact) mass is 434 g/mol. The Morgan fingerprint density at radius 1 is 1.00 bits per heavy atom. The van der Waals surface area contributed by atoms with E-state index in [1.807, 2.05) is 44.2 Å². The van der Waals surface area contributed by atoms with Crippen LogP contribution in [0.2, 0.25) is 0 Å². The molecular weight excluding hydrogens is 404 g/mol. The Balaban J connectivity index is 2.97. The molecule has 31 heavy (non-hydrogen) atoms. The second kappa shape index (κ2) is 13.0. The fraction of sp³-hybridized carbons (Fsp3) is 0.476. The van der Waals surface area contributed by atoms with E-state index in [1.165, 1.54) is 7.11 Å². The van der Waals surface area contributed by atoms with Gasteiger partial charge in [0.15, 0.2) is 0 Å². The minimum Gasteiger partial charge on any atom is -0.467 e. The summed E-state index contributed by atoms with van der Waals surface area (Å²) in [7, 11) is 1.22. The van der Waals surface area contributed by atoms with E-state index in [1.54, 1.807) is 0 Å². The number of primary amides is 1. The van der Waals surface area contributed by atoms with E-state index in [0.717, 1.165) is 5.56 Å². The number of rotatable bonds is 13. The summed E-state index contributed by atoms with van der Waals surface area (Å²) in [6.07, 6.45) is 0.330. The van der Waals surface area contributed by atoms with Crippen LogP contribution in [0.25, 0.3) is 0 Å². The van der Waals surface area contributed by atoms with E-state index in [9.17, 15) is 24.0 Å². The van der Waals surface area contributed by atoms with Gasteiger partial charge >= 0.3 is 5.97 Å². The average Bonchev–Trinajstić information content (AvgIpc) is 2.71. The standard InChI is InChI=1S/C21H30N4O6/c1-13(2)9-16(24-19(28)15(23-12-26)11-18(22)27)20(29)25-17(21(30)31-3)10-14-7-5-4-6-8-14/h4-8,12-13,15-17H,9-11H2,1-3H3,(H2,22,27)(H,23,26)(H,24,28)(H,25,29)/t15-,16-,17-/m0/s1. The molecule has 0 heterocycles. The van der Waals surface area contributed by atoms with Crippen LogP contribution in [0.1, 0.15) is 32.3 Å². The first-order chi connectivity index (χ1) is 14.7. The van der Waals surface area contributed by atoms with Crippen molar-refractivity contribution in [2.45, 2.75) is 51.2 Å². The Kier molecular flexibility index (Phi) is 10.7. The van der Waals surface area contributed by atoms with Crippen molar-refractivity contribution in [1.82, 2.24) is 16.0 Å². The molecule has 0 radical (unpaired) electrons. The number of hydrogen-bond donors (Lipinski definition) is 4. The zero-order valence-electron chi connectivity index (χ0n) is 17.9. The second-order valence-electron chi connectivity index (χ2n) is 7.47. The van der Waals surface area contributed by atoms with Crippen molar-refractivity contribution < 1.29 is 28.7 Å². The van der Waals surface area contributed by atoms with E-state index >= 15 is 0 Å². The van der Waals surface area contributed by atoms with Crippen LogP contribution < -0.4 is 21.7 Å². The van der Waals surface area contributed by atoms with Crippen LogP contribution in [0.3, 0.4) is 0 Å². The topological polar surface area (TPSA) is 157 Å². The van der Waals surface area contributed by atoms with E-state index in [4.69, 9.17) is 10.5 Å². The number of nitrogens with one attached hydrogen (secondary N) is 3. The molecule has 0 bridgehead atoms. The maximum absolute atomic E-state index is 12.9. The van der Waals surface area contributed by atoms with Gasteiger partial charge in [-0.15, -0.1) is 0 Å². The molecule has 0 aliphatic heterocycles. The molecule has 0 saturated heterocycles. The number of amides is 4. The third-order valence-corrected chi connectivity index (χ3v) is 4.42. The molecule has 0 aliphatic carbocycles. The molecule has 0 aromatic heterocycles. The number of methoxy groups -OCH3 is 1. The Hall–Kier alpha value is -3.43. The fourth-order valence-corrected chi connectivity index (χ4v) is 2.94. The summed E-state index contributed by atoms with van der Waals surface area (Å²) < 4.78 is 4.80. The van der Waals surface area contributed by atoms with Crippen LogP contribution in [0.15, 0.2) is 30.3 Å². The van der Waals surface area contributed by atoms with Crippen LogP contribution in [0.4, 0.5) is 0 Å². The first-order valence-electron chi connectivity index (χ1n) is 9.88. The molecule has 0 aliphatic rings. The first kappa shape index (κ1) is 25.6. The number of carbonyl (C=O) groups excluding carboxylic acids is 5. The zero-order chi connectivity index (χ0) is 23.4. The van der Waals surface area contributed by atoms with Gasteiger partial charge in [0, 0.05) is 6.42 Å². The normalized spacial score (nSPS) is 13.4. The zero-order valence-corrected chi connectivity index (χ0v) is 17.9. The molecule has 170 valence electrons. The molecular formula is C21H30N4O6. The molecule has 1 rings (SSSR count). The highest BCUT2D eigenvalue weighted by Gasteiger charge is 2.30. The van der Waals surface area contributed by atoms with Crippen molar-refractivity contribution in [2.24, 2.45) is 11.7 Å². The lowest BCUT2D eigenvalue weighted by molar-refractivity contribution is -0.145. The van der Waals surface area contributed by atoms with Crippen LogP contribution >= 0.6 is 0 Å². The van der Waals surface area contributed by atoms with Gasteiger partial charge in [-0.3, -0.25) is 19.2 Å². The quantitative estimate of drug-likeness (QED) is 0.240. The van der Waals surface area contributed by atoms with Gasteiger partial charge in [-0.1, -0.05) is 44.2 Å². The van der Waals surface area contributed by atoms with Crippen molar-refractivity contribution >= 4 is 30.1 Å². The number of carbonyl (C=O) groups is 5. The van der Waals surface area contributed by atoms with E-state index in [2.05, 4.69) is 16.0 Å². The predicted octanol–water partition coefficient (Wildman–Crippen LogP) is -0.592. The van der Waals surface area contributed by atoms with Crippen LogP contribution in [0.5, 0.6) is 0 Å². The number of esters is 1. The van der Waals surface area contributed by atoms with E-state index in [0.29, 0.717) is 0 Å². The highest BCUT2D eigenvalue weighted by atomic mass is 16.5. The van der Waals surface area contributed by atoms with E-state index < -0.39 is 48.2 Å². The Labute approximate surface area is 181 Å². The average molecular weight is 434 g/mol. The summed E-state index contributed by atoms with van der Waals surface area (Å²) >= 11 is 0. The largest absolute Gasteiger partial charge is 0.467 e. The van der Waals surface area contributed by atoms with Gasteiger partial charge in [-0.05, 0) is 17.9 Å². The lowest BCUT2D eigenvalue weighted by atomic mass is 10.0. The molecule has 3 atom stereocenters. The molecule has 0 fully saturated rings. The minimum absolute atomic E-state index is 0.0235. The lowest BCUT2D eigenvalue weighted by Gasteiger charge is -2.25. The van der Waals surface area contributed by atoms with Crippen molar-refractivity contribution in [2.75, 3.05) is 7.11 Å². The van der Waals surface area contributed by atoms with Crippen LogP contribution in [-0.4, -0.2) is 55.3 Å². The van der Waals surface area contributed by atoms with Gasteiger partial charge in [0.25, 0.3) is 0 Å². The summed E-state index contributed by atoms with van der Waals surface area (Å²) in [4.78, 5) is 59.6. The summed E-state index contributed by atoms with van der Waals surface area (Å²) in [5, 5.41) is 7.37. The molecule has 0 unspecified atom stereocenters. The number of hydrogen-bond acceptors (Lipinski definition) is 6. The Morgan fingerprint density at radius 3 is 2.10 bits per heavy atom. The van der Waals surface area contributed by atoms with Crippen LogP contribution in [-0.2, 0) is 35.1 Å². The van der Waals surface area contributed by atoms with Gasteiger partial charge in [0.1, 0.15) is 18.1 Å². The molecule has 1 aromatic rings. The maximum Gasteiger partial charge on any atom is 0.328 e. The molecule has 5 N–H and O–H groups in total. The molecule has 10 nitrogen and oxygen atoms in total. The minimum atomic E-state index is -1.21. The predicted molar refractivity (Wildman–Crippen MR) is 112 cm³/mol. The van der Waals surface area contributed by atoms with Gasteiger partial charge in [-0.2, -0.15) is 0 Å². The molecule has 10 heteroatoms. The maximum atomic E-state index is 12.9. The van der Waals surface area contributed by atoms with Gasteiger partial charge < -0.3 is 26.4 Å². The van der Waals surface area contributed by atoms with Crippen LogP contribution in [0, 0.1) is 5.92 Å². The molecule has 4 amide bonds. The third-order valence-electron chi connectivity index (χ3n) is 4.42. The number of benzene rings is 1. The highest BCUT2D eigenvalue weighted by molar-refractivity contribution is 5.94. The Bertz CT molecular complexity index is 768. The SMILES string of the molecule is COC(=O)[C@H](Cc1ccccc1)NC(=O)[C@H](CC(C)C)NC(=O)[C@H](CC(N)=O)NC=O. The summed E-state index contributed by atoms with van der Waals surface area (Å²) in [5.74, 6) is -2.70. The second-order valence-corrected chi connectivity index (χ2v) is 7.47. The smallest absolute Gasteiger partial charge is 0.328 e. The Morgan fingerprint density at radius 2 is 1.58 bits per heavy atom. The van der Waals surface area contributed by atoms with Crippen molar-refractivity contribution in [3.8, 4) is 0 Å². The van der Waals surface area contributed by atoms with Crippen molar-refractivity contribution in [1.29, 1.82) is 0 Å². The summed E-state index contributed by atoms with van der Waals surface area (Å²) in [6, 6.07) is 5.92. The lowest BCUT2D eigenvalue weighted by Crippen LogP contribution is -2.56. The number of nitrogens with two attached hydrogens (primary N) is 1. The fourth-order valence-electron chi connectivity index (χ4n) is 2.94. The summed E-state index contributed by atoms with van der Waals surface area (Å²) in [6.45, 7) is 3.72. The molecule has 0 saturated carbocycles. The third kappa shape index (κ3) is 9.28. The highest BCUT2D eigenvalue weighted by Crippen LogP contribution is 2.09. The van der Waals surface area contributed by atoms with Crippen molar-refractivity contribution in [3.05, 3.63) is 35.9 Å². The number of ether oxygens (including phenoxy) is 1. The van der Waals surface area contributed by atoms with E-state index in [-0.39, 0.29) is 25.2 Å². The van der Waals surface area contributed by atoms with Gasteiger partial charge in [0.05, 0.1) is 13.5 Å². The van der Waals surface area contributed by atoms with Gasteiger partial charge in [-0.25, -0.2) is 4.79 Å². The van der Waals surface area contributed by atoms with Crippen molar-refractivity contribution in [3.63, 3.8) is 0 Å². The molecule has 1 aromatic carbocycles. The molecule has 0 spiro atoms. The summed E-state index contributed by atoms with van der Waals surface area (Å²) in [5.41, 5.74) is 5.93.